The molecule has 2 aromatic carbocycles. The number of carboxylic acid groups (broad SMARTS) is 1. The number of hydrogen-bond acceptors (Lipinski definition) is 6. The fourth-order valence-corrected chi connectivity index (χ4v) is 10.5. The molecule has 2 aromatic rings. The molecule has 0 bridgehead atoms. The summed E-state index contributed by atoms with van der Waals surface area (Å²) in [6, 6.07) is 8.21. The van der Waals surface area contributed by atoms with Crippen molar-refractivity contribution >= 4 is 42.6 Å². The third-order valence-electron chi connectivity index (χ3n) is 6.40. The van der Waals surface area contributed by atoms with Gasteiger partial charge in [0.1, 0.15) is 34.1 Å². The van der Waals surface area contributed by atoms with Crippen molar-refractivity contribution in [3.05, 3.63) is 53.1 Å². The number of amides is 1. The Labute approximate surface area is 227 Å². The van der Waals surface area contributed by atoms with E-state index in [0.717, 1.165) is 17.8 Å². The van der Waals surface area contributed by atoms with Crippen molar-refractivity contribution in [3.8, 4) is 17.6 Å². The van der Waals surface area contributed by atoms with E-state index in [1.165, 1.54) is 31.4 Å². The van der Waals surface area contributed by atoms with Crippen LogP contribution in [0.1, 0.15) is 52.7 Å². The van der Waals surface area contributed by atoms with E-state index in [1.807, 2.05) is 0 Å². The molecule has 11 heteroatoms. The van der Waals surface area contributed by atoms with Crippen molar-refractivity contribution in [3.63, 3.8) is 0 Å². The molecule has 0 aromatic heterocycles. The van der Waals surface area contributed by atoms with E-state index < -0.39 is 26.0 Å². The van der Waals surface area contributed by atoms with E-state index in [-0.39, 0.29) is 55.7 Å². The number of ether oxygens (including phenoxy) is 1. The zero-order chi connectivity index (χ0) is 28.8. The maximum absolute atomic E-state index is 16.3. The highest BCUT2D eigenvalue weighted by molar-refractivity contribution is 8.15. The summed E-state index contributed by atoms with van der Waals surface area (Å²) in [4.78, 5) is 19.5. The van der Waals surface area contributed by atoms with Crippen LogP contribution in [0.3, 0.4) is 0 Å². The van der Waals surface area contributed by atoms with Gasteiger partial charge in [-0.15, -0.1) is 11.8 Å². The number of halogens is 2. The minimum Gasteiger partial charge on any atom is -0.541 e. The monoisotopic (exact) mass is 561 g/mol. The predicted octanol–water partition coefficient (Wildman–Crippen LogP) is 7.96. The van der Waals surface area contributed by atoms with Crippen LogP contribution in [0.4, 0.5) is 19.3 Å². The first kappa shape index (κ1) is 31.0. The lowest BCUT2D eigenvalue weighted by Crippen LogP contribution is -2.51. The molecule has 0 spiro atoms. The van der Waals surface area contributed by atoms with E-state index in [9.17, 15) is 14.3 Å². The molecule has 1 N–H and O–H groups in total. The molecule has 0 saturated carbocycles. The zero-order valence-electron chi connectivity index (χ0n) is 22.8. The first-order valence-electron chi connectivity index (χ1n) is 12.0. The van der Waals surface area contributed by atoms with E-state index in [1.54, 1.807) is 12.3 Å². The lowest BCUT2D eigenvalue weighted by atomic mass is 10.1. The number of benzene rings is 2. The Balaban J connectivity index is 2.91. The summed E-state index contributed by atoms with van der Waals surface area (Å²) >= 11 is 0.941. The van der Waals surface area contributed by atoms with Gasteiger partial charge in [-0.25, -0.2) is 18.6 Å². The second-order valence-corrected chi connectivity index (χ2v) is 15.7. The average Bonchev–Trinajstić information content (AvgIpc) is 2.84. The highest BCUT2D eigenvalue weighted by Crippen LogP contribution is 2.44. The summed E-state index contributed by atoms with van der Waals surface area (Å²) in [5.74, 6) is -1.34. The highest BCUT2D eigenvalue weighted by atomic mass is 32.2. The Hall–Kier alpha value is -3.23. The summed E-state index contributed by atoms with van der Waals surface area (Å²) in [7, 11) is -1.17. The number of carbonyl (C=O) groups is 1. The van der Waals surface area contributed by atoms with Crippen molar-refractivity contribution in [1.29, 1.82) is 5.26 Å². The molecule has 0 aliphatic heterocycles. The number of hydrogen-bond donors (Lipinski definition) is 1. The van der Waals surface area contributed by atoms with Crippen molar-refractivity contribution in [2.75, 3.05) is 13.4 Å². The van der Waals surface area contributed by atoms with Crippen LogP contribution in [0.5, 0.6) is 11.5 Å². The molecular formula is C27H33F2N3O4SSi. The van der Waals surface area contributed by atoms with Crippen LogP contribution in [0.25, 0.3) is 0 Å². The van der Waals surface area contributed by atoms with Crippen LogP contribution in [-0.4, -0.2) is 43.6 Å². The maximum Gasteiger partial charge on any atom is 0.432 e. The molecular weight excluding hydrogens is 528 g/mol. The molecule has 0 heterocycles. The van der Waals surface area contributed by atoms with Gasteiger partial charge in [-0.1, -0.05) is 41.5 Å². The van der Waals surface area contributed by atoms with Gasteiger partial charge in [0.15, 0.2) is 5.82 Å². The van der Waals surface area contributed by atoms with Crippen molar-refractivity contribution in [2.24, 2.45) is 9.98 Å². The zero-order valence-corrected chi connectivity index (χ0v) is 24.6. The van der Waals surface area contributed by atoms with Crippen LogP contribution in [0.2, 0.25) is 16.6 Å². The Bertz CT molecular complexity index is 1270. The summed E-state index contributed by atoms with van der Waals surface area (Å²) < 4.78 is 42.7. The lowest BCUT2D eigenvalue weighted by molar-refractivity contribution is 0.206. The second-order valence-electron chi connectivity index (χ2n) is 9.55. The summed E-state index contributed by atoms with van der Waals surface area (Å²) in [5, 5.41) is 18.3. The molecule has 0 atom stereocenters. The number of rotatable bonds is 9. The summed E-state index contributed by atoms with van der Waals surface area (Å²) in [6.07, 6.45) is 0.0686. The third kappa shape index (κ3) is 6.60. The molecule has 0 unspecified atom stereocenters. The summed E-state index contributed by atoms with van der Waals surface area (Å²) in [5.41, 5.74) is 0.0673. The molecule has 204 valence electrons. The Morgan fingerprint density at radius 3 is 2.13 bits per heavy atom. The Kier molecular flexibility index (Phi) is 10.6. The van der Waals surface area contributed by atoms with Crippen molar-refractivity contribution in [1.82, 2.24) is 0 Å². The van der Waals surface area contributed by atoms with Crippen molar-refractivity contribution in [2.45, 2.75) is 58.2 Å². The molecule has 0 fully saturated rings. The number of aliphatic imine (C=N–C) groups is 2. The van der Waals surface area contributed by atoms with Gasteiger partial charge in [-0.2, -0.15) is 10.3 Å². The van der Waals surface area contributed by atoms with Gasteiger partial charge in [-0.05, 0) is 41.1 Å². The molecule has 0 radical (unpaired) electrons. The molecule has 0 saturated heterocycles. The van der Waals surface area contributed by atoms with E-state index in [2.05, 4.69) is 51.5 Å². The largest absolute Gasteiger partial charge is 0.541 e. The highest BCUT2D eigenvalue weighted by Gasteiger charge is 2.47. The predicted molar refractivity (Wildman–Crippen MR) is 151 cm³/mol. The van der Waals surface area contributed by atoms with E-state index >= 15 is 4.39 Å². The second kappa shape index (κ2) is 13.0. The van der Waals surface area contributed by atoms with Crippen LogP contribution in [-0.2, 0) is 0 Å². The molecule has 7 nitrogen and oxygen atoms in total. The van der Waals surface area contributed by atoms with Gasteiger partial charge in [0.2, 0.25) is 0 Å². The van der Waals surface area contributed by atoms with Crippen LogP contribution < -0.4 is 9.16 Å². The fourth-order valence-electron chi connectivity index (χ4n) is 4.78. The smallest absolute Gasteiger partial charge is 0.432 e. The minimum absolute atomic E-state index is 0.0309. The molecule has 38 heavy (non-hydrogen) atoms. The van der Waals surface area contributed by atoms with Crippen molar-refractivity contribution < 1.29 is 27.8 Å². The first-order valence-corrected chi connectivity index (χ1v) is 15.4. The fraction of sp³-hybridized carbons (Fsp3) is 0.407. The van der Waals surface area contributed by atoms with E-state index in [4.69, 9.17) is 14.4 Å². The Morgan fingerprint density at radius 1 is 1.08 bits per heavy atom. The van der Waals surface area contributed by atoms with Crippen LogP contribution in [0, 0.1) is 23.0 Å². The number of nitrogens with zero attached hydrogens (tertiary/aromatic N) is 3. The number of thioether (sulfide) groups is 1. The molecule has 0 aliphatic carbocycles. The van der Waals surface area contributed by atoms with Gasteiger partial charge in [0.25, 0.3) is 8.32 Å². The van der Waals surface area contributed by atoms with Gasteiger partial charge in [-0.3, -0.25) is 0 Å². The maximum atomic E-state index is 16.3. The normalized spacial score (nSPS) is 12.7. The number of methoxy groups -OCH3 is 1. The van der Waals surface area contributed by atoms with Gasteiger partial charge < -0.3 is 14.3 Å². The quantitative estimate of drug-likeness (QED) is 0.189. The standard InChI is InChI=1S/C27H33F2N3O4SSi/c1-15(2)38(16(3)4,17(5)6)36-23-13-20(35-7)12-21(24(23)29)25(26(37-8)32-27(33)34)31-19-10-9-18(14-30)22(28)11-19/h9-13,15-17H,1-8H3,(H,33,34). The average molecular weight is 562 g/mol. The molecule has 1 amide bonds. The van der Waals surface area contributed by atoms with Gasteiger partial charge >= 0.3 is 6.09 Å². The van der Waals surface area contributed by atoms with Gasteiger partial charge in [0, 0.05) is 17.7 Å². The molecule has 2 rings (SSSR count). The third-order valence-corrected chi connectivity index (χ3v) is 13.1. The topological polar surface area (TPSA) is 104 Å². The van der Waals surface area contributed by atoms with E-state index in [0.29, 0.717) is 0 Å². The lowest BCUT2D eigenvalue weighted by Gasteiger charge is -2.42. The first-order chi connectivity index (χ1) is 17.8. The summed E-state index contributed by atoms with van der Waals surface area (Å²) in [6.45, 7) is 12.4. The van der Waals surface area contributed by atoms with Crippen LogP contribution in [0.15, 0.2) is 40.3 Å². The van der Waals surface area contributed by atoms with Crippen LogP contribution >= 0.6 is 11.8 Å². The SMILES string of the molecule is COc1cc(O[Si](C(C)C)(C(C)C)C(C)C)c(F)c(C(=Nc2ccc(C#N)c(F)c2)C(=NC(=O)O)SC)c1. The Morgan fingerprint density at radius 2 is 1.68 bits per heavy atom. The number of nitriles is 1. The minimum atomic E-state index is -2.59. The molecule has 0 aliphatic rings. The van der Waals surface area contributed by atoms with Gasteiger partial charge in [0.05, 0.1) is 18.4 Å².